The lowest BCUT2D eigenvalue weighted by molar-refractivity contribution is 0.313. The summed E-state index contributed by atoms with van der Waals surface area (Å²) in [6, 6.07) is 0. The third-order valence-electron chi connectivity index (χ3n) is 4.04. The van der Waals surface area contributed by atoms with E-state index in [-0.39, 0.29) is 0 Å². The van der Waals surface area contributed by atoms with E-state index in [2.05, 4.69) is 5.32 Å². The predicted octanol–water partition coefficient (Wildman–Crippen LogP) is 0.814. The smallest absolute Gasteiger partial charge is 0.316 e. The fraction of sp³-hybridized carbons (Fsp3) is 0.909. The van der Waals surface area contributed by atoms with Gasteiger partial charge in [0.05, 0.1) is 0 Å². The van der Waals surface area contributed by atoms with Crippen molar-refractivity contribution in [2.75, 3.05) is 19.6 Å². The predicted molar refractivity (Wildman–Crippen MR) is 68.3 cm³/mol. The number of nitrogens with one attached hydrogen (secondary N) is 1. The minimum atomic E-state index is -4.67. The SMILES string of the molecule is C1CN=C2C[C@@H]3CNC[C@H]3CC2C1.O=S(=O)(O)O. The fourth-order valence-electron chi connectivity index (χ4n) is 3.28. The van der Waals surface area contributed by atoms with Crippen LogP contribution in [0.5, 0.6) is 0 Å². The van der Waals surface area contributed by atoms with E-state index in [9.17, 15) is 0 Å². The van der Waals surface area contributed by atoms with E-state index in [1.54, 1.807) is 5.71 Å². The molecule has 1 saturated carbocycles. The summed E-state index contributed by atoms with van der Waals surface area (Å²) in [7, 11) is -4.67. The van der Waals surface area contributed by atoms with E-state index in [4.69, 9.17) is 22.5 Å². The molecule has 1 unspecified atom stereocenters. The molecule has 7 heteroatoms. The van der Waals surface area contributed by atoms with Gasteiger partial charge in [0.15, 0.2) is 0 Å². The first-order chi connectivity index (χ1) is 8.43. The quantitative estimate of drug-likeness (QED) is 0.569. The van der Waals surface area contributed by atoms with E-state index in [0.29, 0.717) is 0 Å². The van der Waals surface area contributed by atoms with Crippen molar-refractivity contribution in [1.29, 1.82) is 0 Å². The summed E-state index contributed by atoms with van der Waals surface area (Å²) in [6.07, 6.45) is 5.49. The number of nitrogens with zero attached hydrogens (tertiary/aromatic N) is 1. The first-order valence-corrected chi connectivity index (χ1v) is 7.77. The second kappa shape index (κ2) is 5.64. The Labute approximate surface area is 107 Å². The van der Waals surface area contributed by atoms with Gasteiger partial charge < -0.3 is 5.32 Å². The van der Waals surface area contributed by atoms with Gasteiger partial charge in [0.2, 0.25) is 0 Å². The molecule has 2 heterocycles. The Morgan fingerprint density at radius 1 is 1.22 bits per heavy atom. The van der Waals surface area contributed by atoms with Crippen LogP contribution in [0.15, 0.2) is 4.99 Å². The number of hydrogen-bond acceptors (Lipinski definition) is 4. The molecule has 104 valence electrons. The molecule has 0 aromatic heterocycles. The zero-order valence-corrected chi connectivity index (χ0v) is 11.1. The summed E-state index contributed by atoms with van der Waals surface area (Å²) in [6.45, 7) is 3.63. The lowest BCUT2D eigenvalue weighted by atomic mass is 9.72. The van der Waals surface area contributed by atoms with Crippen molar-refractivity contribution in [3.05, 3.63) is 0 Å². The van der Waals surface area contributed by atoms with E-state index in [1.807, 2.05) is 0 Å². The van der Waals surface area contributed by atoms with Crippen molar-refractivity contribution in [3.63, 3.8) is 0 Å². The number of aliphatic imine (C=N–C) groups is 1. The number of hydrogen-bond donors (Lipinski definition) is 3. The summed E-state index contributed by atoms with van der Waals surface area (Å²) in [5, 5.41) is 3.52. The lowest BCUT2D eigenvalue weighted by Crippen LogP contribution is -2.33. The average Bonchev–Trinajstić information content (AvgIpc) is 2.70. The molecule has 18 heavy (non-hydrogen) atoms. The Morgan fingerprint density at radius 3 is 2.61 bits per heavy atom. The first-order valence-electron chi connectivity index (χ1n) is 6.37. The van der Waals surface area contributed by atoms with Gasteiger partial charge in [-0.05, 0) is 56.5 Å². The van der Waals surface area contributed by atoms with Crippen molar-refractivity contribution < 1.29 is 17.5 Å². The van der Waals surface area contributed by atoms with Crippen LogP contribution < -0.4 is 5.32 Å². The first kappa shape index (κ1) is 13.9. The van der Waals surface area contributed by atoms with Gasteiger partial charge in [-0.3, -0.25) is 14.1 Å². The van der Waals surface area contributed by atoms with Gasteiger partial charge in [-0.1, -0.05) is 0 Å². The molecule has 3 N–H and O–H groups in total. The van der Waals surface area contributed by atoms with Crippen LogP contribution in [0.2, 0.25) is 0 Å². The van der Waals surface area contributed by atoms with Gasteiger partial charge in [0, 0.05) is 12.3 Å². The van der Waals surface area contributed by atoms with Crippen LogP contribution in [0, 0.1) is 17.8 Å². The Kier molecular flexibility index (Phi) is 4.37. The van der Waals surface area contributed by atoms with Crippen molar-refractivity contribution in [2.24, 2.45) is 22.7 Å². The molecule has 1 aliphatic carbocycles. The van der Waals surface area contributed by atoms with Crippen molar-refractivity contribution in [2.45, 2.75) is 25.7 Å². The van der Waals surface area contributed by atoms with Crippen LogP contribution in [0.3, 0.4) is 0 Å². The summed E-state index contributed by atoms with van der Waals surface area (Å²) >= 11 is 0. The molecule has 6 nitrogen and oxygen atoms in total. The molecule has 0 amide bonds. The second-order valence-electron chi connectivity index (χ2n) is 5.28. The zero-order valence-electron chi connectivity index (χ0n) is 10.2. The van der Waals surface area contributed by atoms with E-state index in [1.165, 1.54) is 38.8 Å². The number of fused-ring (bicyclic) bond motifs is 2. The Hall–Kier alpha value is -0.500. The molecule has 0 radical (unpaired) electrons. The number of rotatable bonds is 0. The van der Waals surface area contributed by atoms with Gasteiger partial charge in [-0.25, -0.2) is 0 Å². The molecule has 1 saturated heterocycles. The van der Waals surface area contributed by atoms with E-state index >= 15 is 0 Å². The maximum atomic E-state index is 8.74. The second-order valence-corrected chi connectivity index (χ2v) is 6.17. The molecule has 0 aromatic carbocycles. The molecular weight excluding hydrogens is 256 g/mol. The highest BCUT2D eigenvalue weighted by atomic mass is 32.3. The summed E-state index contributed by atoms with van der Waals surface area (Å²) in [5.41, 5.74) is 1.57. The van der Waals surface area contributed by atoms with Gasteiger partial charge >= 0.3 is 10.4 Å². The molecule has 3 rings (SSSR count). The standard InChI is InChI=1S/C11H18N2.H2O4S/c1-2-8-4-9-6-12-7-10(9)5-11(8)13-3-1;1-5(2,3)4/h8-10,12H,1-7H2;(H2,1,2,3,4)/t8?,9-,10-;/m1./s1. The largest absolute Gasteiger partial charge is 0.394 e. The minimum absolute atomic E-state index is 0.870. The van der Waals surface area contributed by atoms with Gasteiger partial charge in [-0.2, -0.15) is 8.42 Å². The summed E-state index contributed by atoms with van der Waals surface area (Å²) < 4.78 is 31.6. The monoisotopic (exact) mass is 276 g/mol. The maximum Gasteiger partial charge on any atom is 0.394 e. The minimum Gasteiger partial charge on any atom is -0.316 e. The van der Waals surface area contributed by atoms with Crippen LogP contribution in [-0.4, -0.2) is 42.9 Å². The van der Waals surface area contributed by atoms with Crippen molar-refractivity contribution in [3.8, 4) is 0 Å². The fourth-order valence-corrected chi connectivity index (χ4v) is 3.28. The van der Waals surface area contributed by atoms with Crippen LogP contribution >= 0.6 is 0 Å². The van der Waals surface area contributed by atoms with Crippen molar-refractivity contribution >= 4 is 16.1 Å². The summed E-state index contributed by atoms with van der Waals surface area (Å²) in [5.74, 6) is 2.77. The maximum absolute atomic E-state index is 8.74. The van der Waals surface area contributed by atoms with Crippen molar-refractivity contribution in [1.82, 2.24) is 5.32 Å². The summed E-state index contributed by atoms with van der Waals surface area (Å²) in [4.78, 5) is 4.70. The Morgan fingerprint density at radius 2 is 1.89 bits per heavy atom. The normalized spacial score (nSPS) is 34.8. The highest BCUT2D eigenvalue weighted by Crippen LogP contribution is 2.37. The van der Waals surface area contributed by atoms with E-state index in [0.717, 1.165) is 24.3 Å². The Balaban J connectivity index is 0.000000209. The van der Waals surface area contributed by atoms with Crippen LogP contribution in [0.1, 0.15) is 25.7 Å². The molecule has 2 fully saturated rings. The third kappa shape index (κ3) is 4.01. The topological polar surface area (TPSA) is 99.0 Å². The van der Waals surface area contributed by atoms with Gasteiger partial charge in [0.25, 0.3) is 0 Å². The van der Waals surface area contributed by atoms with Crippen LogP contribution in [0.4, 0.5) is 0 Å². The molecule has 2 aliphatic heterocycles. The molecule has 3 aliphatic rings. The van der Waals surface area contributed by atoms with Gasteiger partial charge in [0.1, 0.15) is 0 Å². The third-order valence-corrected chi connectivity index (χ3v) is 4.04. The Bertz CT molecular complexity index is 413. The average molecular weight is 276 g/mol. The molecular formula is C11H20N2O4S. The van der Waals surface area contributed by atoms with Crippen LogP contribution in [0.25, 0.3) is 0 Å². The molecule has 0 bridgehead atoms. The highest BCUT2D eigenvalue weighted by Gasteiger charge is 2.37. The lowest BCUT2D eigenvalue weighted by Gasteiger charge is -2.34. The highest BCUT2D eigenvalue weighted by molar-refractivity contribution is 7.79. The van der Waals surface area contributed by atoms with E-state index < -0.39 is 10.4 Å². The van der Waals surface area contributed by atoms with Gasteiger partial charge in [-0.15, -0.1) is 0 Å². The van der Waals surface area contributed by atoms with Crippen LogP contribution in [-0.2, 0) is 10.4 Å². The zero-order chi connectivity index (χ0) is 13.2. The molecule has 3 atom stereocenters. The molecule has 0 spiro atoms. The molecule has 0 aromatic rings.